The molecule has 0 aliphatic rings. The number of halogens is 2. The van der Waals surface area contributed by atoms with Crippen molar-refractivity contribution in [3.8, 4) is 6.07 Å². The van der Waals surface area contributed by atoms with Gasteiger partial charge < -0.3 is 4.90 Å². The first-order valence-corrected chi connectivity index (χ1v) is 6.06. The molecule has 1 unspecified atom stereocenters. The lowest BCUT2D eigenvalue weighted by molar-refractivity contribution is 0.395. The van der Waals surface area contributed by atoms with Crippen molar-refractivity contribution in [3.63, 3.8) is 0 Å². The Balaban J connectivity index is 2.67. The van der Waals surface area contributed by atoms with Crippen LogP contribution < -0.4 is 5.32 Å². The molecule has 1 N–H and O–H groups in total. The predicted octanol–water partition coefficient (Wildman–Crippen LogP) is 2.30. The first-order chi connectivity index (χ1) is 8.04. The Morgan fingerprint density at radius 1 is 1.53 bits per heavy atom. The van der Waals surface area contributed by atoms with E-state index in [9.17, 15) is 4.39 Å². The average Bonchev–Trinajstić information content (AvgIpc) is 2.28. The van der Waals surface area contributed by atoms with Crippen LogP contribution in [0.5, 0.6) is 0 Å². The Morgan fingerprint density at radius 3 is 2.76 bits per heavy atom. The lowest BCUT2D eigenvalue weighted by atomic mass is 10.1. The maximum atomic E-state index is 13.1. The molecule has 0 bridgehead atoms. The van der Waals surface area contributed by atoms with E-state index >= 15 is 0 Å². The first kappa shape index (κ1) is 14.1. The summed E-state index contributed by atoms with van der Waals surface area (Å²) in [5.41, 5.74) is 0.763. The van der Waals surface area contributed by atoms with Crippen LogP contribution in [-0.2, 0) is 0 Å². The summed E-state index contributed by atoms with van der Waals surface area (Å²) in [5, 5.41) is 12.2. The number of benzene rings is 1. The molecule has 0 amide bonds. The normalized spacial score (nSPS) is 12.5. The van der Waals surface area contributed by atoms with Crippen molar-refractivity contribution in [2.24, 2.45) is 0 Å². The molecule has 0 aliphatic carbocycles. The molecule has 92 valence electrons. The van der Waals surface area contributed by atoms with Gasteiger partial charge in [0.25, 0.3) is 0 Å². The van der Waals surface area contributed by atoms with Crippen LogP contribution in [0.3, 0.4) is 0 Å². The summed E-state index contributed by atoms with van der Waals surface area (Å²) in [7, 11) is 3.94. The van der Waals surface area contributed by atoms with Crippen LogP contribution in [0.2, 0.25) is 0 Å². The van der Waals surface area contributed by atoms with Gasteiger partial charge in [-0.3, -0.25) is 5.32 Å². The van der Waals surface area contributed by atoms with Gasteiger partial charge in [-0.15, -0.1) is 0 Å². The third-order valence-electron chi connectivity index (χ3n) is 2.31. The summed E-state index contributed by atoms with van der Waals surface area (Å²) in [6.45, 7) is 1.56. The second-order valence-electron chi connectivity index (χ2n) is 3.99. The van der Waals surface area contributed by atoms with Crippen molar-refractivity contribution in [2.75, 3.05) is 27.2 Å². The number of nitrogens with one attached hydrogen (secondary N) is 1. The highest BCUT2D eigenvalue weighted by Crippen LogP contribution is 2.20. The van der Waals surface area contributed by atoms with Gasteiger partial charge in [-0.25, -0.2) is 4.39 Å². The molecule has 0 fully saturated rings. The minimum Gasteiger partial charge on any atom is -0.308 e. The fraction of sp³-hybridized carbons (Fsp3) is 0.417. The third kappa shape index (κ3) is 4.43. The number of likely N-dealkylation sites (N-methyl/N-ethyl adjacent to an activating group) is 1. The second kappa shape index (κ2) is 6.70. The van der Waals surface area contributed by atoms with Gasteiger partial charge in [-0.05, 0) is 47.7 Å². The van der Waals surface area contributed by atoms with Gasteiger partial charge in [0.15, 0.2) is 0 Å². The fourth-order valence-electron chi connectivity index (χ4n) is 1.36. The van der Waals surface area contributed by atoms with E-state index in [0.717, 1.165) is 12.1 Å². The molecule has 0 saturated carbocycles. The average molecular weight is 300 g/mol. The van der Waals surface area contributed by atoms with Crippen LogP contribution >= 0.6 is 15.9 Å². The summed E-state index contributed by atoms with van der Waals surface area (Å²) >= 11 is 3.11. The van der Waals surface area contributed by atoms with Crippen molar-refractivity contribution >= 4 is 15.9 Å². The van der Waals surface area contributed by atoms with Crippen molar-refractivity contribution in [1.29, 1.82) is 5.26 Å². The molecule has 3 nitrogen and oxygen atoms in total. The maximum absolute atomic E-state index is 13.1. The molecule has 0 spiro atoms. The van der Waals surface area contributed by atoms with E-state index in [2.05, 4.69) is 27.3 Å². The smallest absolute Gasteiger partial charge is 0.137 e. The van der Waals surface area contributed by atoms with Gasteiger partial charge >= 0.3 is 0 Å². The molecule has 1 aromatic carbocycles. The van der Waals surface area contributed by atoms with E-state index in [0.29, 0.717) is 11.0 Å². The fourth-order valence-corrected chi connectivity index (χ4v) is 1.76. The molecule has 0 aliphatic heterocycles. The monoisotopic (exact) mass is 299 g/mol. The van der Waals surface area contributed by atoms with Crippen LogP contribution in [0.1, 0.15) is 11.6 Å². The zero-order chi connectivity index (χ0) is 12.8. The highest BCUT2D eigenvalue weighted by Gasteiger charge is 2.11. The highest BCUT2D eigenvalue weighted by atomic mass is 79.9. The molecule has 1 rings (SSSR count). The van der Waals surface area contributed by atoms with E-state index in [1.54, 1.807) is 12.1 Å². The first-order valence-electron chi connectivity index (χ1n) is 5.27. The lowest BCUT2D eigenvalue weighted by Gasteiger charge is -2.15. The SMILES string of the molecule is CN(C)CCNC(C#N)c1ccc(F)c(Br)c1. The van der Waals surface area contributed by atoms with Gasteiger partial charge in [-0.2, -0.15) is 5.26 Å². The maximum Gasteiger partial charge on any atom is 0.137 e. The number of rotatable bonds is 5. The van der Waals surface area contributed by atoms with Gasteiger partial charge in [-0.1, -0.05) is 6.07 Å². The number of hydrogen-bond acceptors (Lipinski definition) is 3. The predicted molar refractivity (Wildman–Crippen MR) is 69.0 cm³/mol. The molecule has 0 heterocycles. The van der Waals surface area contributed by atoms with Gasteiger partial charge in [0.05, 0.1) is 10.5 Å². The van der Waals surface area contributed by atoms with Crippen molar-refractivity contribution < 1.29 is 4.39 Å². The van der Waals surface area contributed by atoms with Crippen molar-refractivity contribution in [2.45, 2.75) is 6.04 Å². The Labute approximate surface area is 109 Å². The Bertz CT molecular complexity index is 415. The van der Waals surface area contributed by atoms with Crippen LogP contribution in [-0.4, -0.2) is 32.1 Å². The molecule has 1 atom stereocenters. The molecule has 17 heavy (non-hydrogen) atoms. The minimum atomic E-state index is -0.410. The van der Waals surface area contributed by atoms with Gasteiger partial charge in [0, 0.05) is 13.1 Å². The van der Waals surface area contributed by atoms with Gasteiger partial charge in [0.2, 0.25) is 0 Å². The second-order valence-corrected chi connectivity index (χ2v) is 4.85. The summed E-state index contributed by atoms with van der Waals surface area (Å²) in [6.07, 6.45) is 0. The number of nitriles is 1. The third-order valence-corrected chi connectivity index (χ3v) is 2.92. The number of nitrogens with zero attached hydrogens (tertiary/aromatic N) is 2. The molecule has 0 aromatic heterocycles. The highest BCUT2D eigenvalue weighted by molar-refractivity contribution is 9.10. The minimum absolute atomic E-state index is 0.321. The summed E-state index contributed by atoms with van der Waals surface area (Å²) in [6, 6.07) is 6.37. The van der Waals surface area contributed by atoms with Crippen molar-refractivity contribution in [3.05, 3.63) is 34.1 Å². The topological polar surface area (TPSA) is 39.1 Å². The molecular formula is C12H15BrFN3. The Hall–Kier alpha value is -0.960. The summed E-state index contributed by atoms with van der Waals surface area (Å²) in [5.74, 6) is -0.321. The Kier molecular flexibility index (Phi) is 5.56. The molecule has 5 heteroatoms. The summed E-state index contributed by atoms with van der Waals surface area (Å²) < 4.78 is 13.4. The molecular weight excluding hydrogens is 285 g/mol. The van der Waals surface area contributed by atoms with Crippen LogP contribution in [0, 0.1) is 17.1 Å². The lowest BCUT2D eigenvalue weighted by Crippen LogP contribution is -2.29. The quantitative estimate of drug-likeness (QED) is 0.907. The van der Waals surface area contributed by atoms with E-state index in [1.165, 1.54) is 6.07 Å². The van der Waals surface area contributed by atoms with Crippen LogP contribution in [0.25, 0.3) is 0 Å². The van der Waals surface area contributed by atoms with Crippen molar-refractivity contribution in [1.82, 2.24) is 10.2 Å². The largest absolute Gasteiger partial charge is 0.308 e. The standard InChI is InChI=1S/C12H15BrFN3/c1-17(2)6-5-16-12(8-15)9-3-4-11(14)10(13)7-9/h3-4,7,12,16H,5-6H2,1-2H3. The van der Waals surface area contributed by atoms with Gasteiger partial charge in [0.1, 0.15) is 11.9 Å². The molecule has 1 aromatic rings. The zero-order valence-electron chi connectivity index (χ0n) is 9.87. The van der Waals surface area contributed by atoms with E-state index in [-0.39, 0.29) is 5.82 Å². The van der Waals surface area contributed by atoms with E-state index in [4.69, 9.17) is 5.26 Å². The molecule has 0 saturated heterocycles. The zero-order valence-corrected chi connectivity index (χ0v) is 11.5. The van der Waals surface area contributed by atoms with E-state index < -0.39 is 6.04 Å². The van der Waals surface area contributed by atoms with Crippen LogP contribution in [0.15, 0.2) is 22.7 Å². The molecule has 0 radical (unpaired) electrons. The number of hydrogen-bond donors (Lipinski definition) is 1. The summed E-state index contributed by atoms with van der Waals surface area (Å²) in [4.78, 5) is 2.03. The Morgan fingerprint density at radius 2 is 2.24 bits per heavy atom. The van der Waals surface area contributed by atoms with Crippen LogP contribution in [0.4, 0.5) is 4.39 Å². The van der Waals surface area contributed by atoms with E-state index in [1.807, 2.05) is 19.0 Å².